The van der Waals surface area contributed by atoms with Crippen LogP contribution in [0.4, 0.5) is 0 Å². The van der Waals surface area contributed by atoms with E-state index in [1.54, 1.807) is 11.3 Å². The third kappa shape index (κ3) is 2.49. The van der Waals surface area contributed by atoms with Crippen LogP contribution in [0.15, 0.2) is 24.4 Å². The highest BCUT2D eigenvalue weighted by atomic mass is 32.1. The topological polar surface area (TPSA) is 12.9 Å². The van der Waals surface area contributed by atoms with Crippen LogP contribution in [0.1, 0.15) is 42.8 Å². The Hall–Kier alpha value is -1.15. The van der Waals surface area contributed by atoms with Crippen LogP contribution in [0.2, 0.25) is 0 Å². The van der Waals surface area contributed by atoms with E-state index < -0.39 is 0 Å². The standard InChI is InChI=1S/C16H21NS/c1-10(2)11(3)14-7-6-8-15(12(14)4)16-9-17-13(5)18-16/h6-11H,1-5H3. The van der Waals surface area contributed by atoms with Crippen molar-refractivity contribution in [2.45, 2.75) is 40.5 Å². The molecule has 1 unspecified atom stereocenters. The fourth-order valence-corrected chi connectivity index (χ4v) is 3.12. The van der Waals surface area contributed by atoms with Crippen LogP contribution in [-0.2, 0) is 0 Å². The number of rotatable bonds is 3. The van der Waals surface area contributed by atoms with Crippen molar-refractivity contribution in [1.29, 1.82) is 0 Å². The van der Waals surface area contributed by atoms with Crippen LogP contribution < -0.4 is 0 Å². The number of nitrogens with zero attached hydrogens (tertiary/aromatic N) is 1. The molecule has 1 nitrogen and oxygen atoms in total. The Bertz CT molecular complexity index is 540. The van der Waals surface area contributed by atoms with E-state index in [4.69, 9.17) is 0 Å². The molecule has 1 aromatic carbocycles. The summed E-state index contributed by atoms with van der Waals surface area (Å²) in [6.45, 7) is 11.2. The van der Waals surface area contributed by atoms with Gasteiger partial charge in [-0.1, -0.05) is 39.0 Å². The first-order valence-electron chi connectivity index (χ1n) is 6.53. The number of aromatic nitrogens is 1. The van der Waals surface area contributed by atoms with E-state index in [0.717, 1.165) is 5.01 Å². The molecule has 0 radical (unpaired) electrons. The van der Waals surface area contributed by atoms with Gasteiger partial charge < -0.3 is 0 Å². The lowest BCUT2D eigenvalue weighted by molar-refractivity contribution is 0.533. The van der Waals surface area contributed by atoms with Gasteiger partial charge in [-0.15, -0.1) is 11.3 Å². The molecule has 2 rings (SSSR count). The van der Waals surface area contributed by atoms with Gasteiger partial charge in [-0.25, -0.2) is 4.98 Å². The van der Waals surface area contributed by atoms with Crippen molar-refractivity contribution in [2.24, 2.45) is 5.92 Å². The van der Waals surface area contributed by atoms with Gasteiger partial charge in [0, 0.05) is 6.20 Å². The molecule has 0 amide bonds. The molecule has 1 atom stereocenters. The molecule has 0 N–H and O–H groups in total. The highest BCUT2D eigenvalue weighted by Gasteiger charge is 2.15. The lowest BCUT2D eigenvalue weighted by Gasteiger charge is -2.20. The molecule has 0 aliphatic rings. The Labute approximate surface area is 114 Å². The third-order valence-corrected chi connectivity index (χ3v) is 4.70. The molecule has 0 bridgehead atoms. The highest BCUT2D eigenvalue weighted by Crippen LogP contribution is 2.34. The third-order valence-electron chi connectivity index (χ3n) is 3.75. The Morgan fingerprint density at radius 3 is 2.39 bits per heavy atom. The van der Waals surface area contributed by atoms with E-state index in [2.05, 4.69) is 57.8 Å². The summed E-state index contributed by atoms with van der Waals surface area (Å²) in [5.74, 6) is 1.26. The minimum Gasteiger partial charge on any atom is -0.249 e. The van der Waals surface area contributed by atoms with Crippen LogP contribution in [0, 0.1) is 19.8 Å². The average molecular weight is 259 g/mol. The zero-order valence-electron chi connectivity index (χ0n) is 11.8. The SMILES string of the molecule is Cc1ncc(-c2cccc(C(C)C(C)C)c2C)s1. The number of hydrogen-bond acceptors (Lipinski definition) is 2. The fourth-order valence-electron chi connectivity index (χ4n) is 2.26. The van der Waals surface area contributed by atoms with Gasteiger partial charge in [0.05, 0.1) is 9.88 Å². The van der Waals surface area contributed by atoms with Gasteiger partial charge in [0.2, 0.25) is 0 Å². The van der Waals surface area contributed by atoms with Crippen molar-refractivity contribution in [2.75, 3.05) is 0 Å². The number of aryl methyl sites for hydroxylation is 1. The van der Waals surface area contributed by atoms with Crippen molar-refractivity contribution in [3.63, 3.8) is 0 Å². The van der Waals surface area contributed by atoms with E-state index in [-0.39, 0.29) is 0 Å². The maximum Gasteiger partial charge on any atom is 0.0900 e. The van der Waals surface area contributed by atoms with Gasteiger partial charge in [0.1, 0.15) is 0 Å². The van der Waals surface area contributed by atoms with Gasteiger partial charge in [-0.3, -0.25) is 0 Å². The van der Waals surface area contributed by atoms with Crippen molar-refractivity contribution in [3.05, 3.63) is 40.5 Å². The normalized spacial score (nSPS) is 13.0. The molecular formula is C16H21NS. The van der Waals surface area contributed by atoms with Gasteiger partial charge in [0.15, 0.2) is 0 Å². The fraction of sp³-hybridized carbons (Fsp3) is 0.438. The van der Waals surface area contributed by atoms with E-state index in [1.807, 2.05) is 6.20 Å². The molecule has 0 saturated heterocycles. The van der Waals surface area contributed by atoms with Crippen molar-refractivity contribution in [3.8, 4) is 10.4 Å². The Morgan fingerprint density at radius 1 is 1.11 bits per heavy atom. The molecule has 96 valence electrons. The predicted octanol–water partition coefficient (Wildman–Crippen LogP) is 5.19. The summed E-state index contributed by atoms with van der Waals surface area (Å²) in [5, 5.41) is 1.13. The maximum absolute atomic E-state index is 4.36. The van der Waals surface area contributed by atoms with Crippen LogP contribution in [0.25, 0.3) is 10.4 Å². The number of thiazole rings is 1. The number of hydrogen-bond donors (Lipinski definition) is 0. The zero-order chi connectivity index (χ0) is 13.3. The summed E-state index contributed by atoms with van der Waals surface area (Å²) in [6.07, 6.45) is 1.99. The van der Waals surface area contributed by atoms with E-state index in [0.29, 0.717) is 11.8 Å². The first kappa shape index (κ1) is 13.3. The van der Waals surface area contributed by atoms with Crippen LogP contribution >= 0.6 is 11.3 Å². The minimum absolute atomic E-state index is 0.596. The van der Waals surface area contributed by atoms with Gasteiger partial charge in [-0.05, 0) is 42.4 Å². The maximum atomic E-state index is 4.36. The first-order chi connectivity index (χ1) is 8.50. The van der Waals surface area contributed by atoms with Gasteiger partial charge in [-0.2, -0.15) is 0 Å². The molecule has 0 spiro atoms. The lowest BCUT2D eigenvalue weighted by Crippen LogP contribution is -2.04. The molecule has 18 heavy (non-hydrogen) atoms. The molecule has 0 fully saturated rings. The zero-order valence-corrected chi connectivity index (χ0v) is 12.6. The molecule has 2 heteroatoms. The molecule has 2 aromatic rings. The molecule has 1 heterocycles. The van der Waals surface area contributed by atoms with Gasteiger partial charge in [0.25, 0.3) is 0 Å². The van der Waals surface area contributed by atoms with Crippen LogP contribution in [-0.4, -0.2) is 4.98 Å². The Kier molecular flexibility index (Phi) is 3.86. The Morgan fingerprint density at radius 2 is 1.83 bits per heavy atom. The Balaban J connectivity index is 2.48. The molecular weight excluding hydrogens is 238 g/mol. The van der Waals surface area contributed by atoms with Crippen molar-refractivity contribution in [1.82, 2.24) is 4.98 Å². The largest absolute Gasteiger partial charge is 0.249 e. The van der Waals surface area contributed by atoms with Crippen molar-refractivity contribution >= 4 is 11.3 Å². The van der Waals surface area contributed by atoms with Gasteiger partial charge >= 0.3 is 0 Å². The number of benzene rings is 1. The van der Waals surface area contributed by atoms with E-state index in [9.17, 15) is 0 Å². The summed E-state index contributed by atoms with van der Waals surface area (Å²) in [7, 11) is 0. The monoisotopic (exact) mass is 259 g/mol. The van der Waals surface area contributed by atoms with Crippen LogP contribution in [0.5, 0.6) is 0 Å². The molecule has 1 aromatic heterocycles. The summed E-state index contributed by atoms with van der Waals surface area (Å²) in [5.41, 5.74) is 4.21. The first-order valence-corrected chi connectivity index (χ1v) is 7.34. The summed E-state index contributed by atoms with van der Waals surface area (Å²) in [6, 6.07) is 6.64. The smallest absolute Gasteiger partial charge is 0.0900 e. The predicted molar refractivity (Wildman–Crippen MR) is 80.3 cm³/mol. The van der Waals surface area contributed by atoms with Crippen molar-refractivity contribution < 1.29 is 0 Å². The molecule has 0 aliphatic carbocycles. The quantitative estimate of drug-likeness (QED) is 0.739. The molecule has 0 aliphatic heterocycles. The summed E-state index contributed by atoms with van der Waals surface area (Å²) in [4.78, 5) is 5.64. The highest BCUT2D eigenvalue weighted by molar-refractivity contribution is 7.15. The van der Waals surface area contributed by atoms with Crippen LogP contribution in [0.3, 0.4) is 0 Å². The second-order valence-electron chi connectivity index (χ2n) is 5.30. The second kappa shape index (κ2) is 5.23. The summed E-state index contributed by atoms with van der Waals surface area (Å²) < 4.78 is 0. The summed E-state index contributed by atoms with van der Waals surface area (Å²) >= 11 is 1.77. The molecule has 0 saturated carbocycles. The lowest BCUT2D eigenvalue weighted by atomic mass is 9.86. The minimum atomic E-state index is 0.596. The second-order valence-corrected chi connectivity index (χ2v) is 6.53. The van der Waals surface area contributed by atoms with E-state index >= 15 is 0 Å². The van der Waals surface area contributed by atoms with E-state index in [1.165, 1.54) is 21.6 Å². The average Bonchev–Trinajstić information content (AvgIpc) is 2.75.